The summed E-state index contributed by atoms with van der Waals surface area (Å²) in [5.41, 5.74) is 0. The Balaban J connectivity index is 2.49. The first kappa shape index (κ1) is 11.0. The maximum atomic E-state index is 8.60. The van der Waals surface area contributed by atoms with Crippen molar-refractivity contribution in [3.8, 4) is 6.07 Å². The van der Waals surface area contributed by atoms with E-state index in [0.29, 0.717) is 12.5 Å². The summed E-state index contributed by atoms with van der Waals surface area (Å²) in [5.74, 6) is 0.554. The molecule has 1 N–H and O–H groups in total. The van der Waals surface area contributed by atoms with Crippen LogP contribution < -0.4 is 5.32 Å². The molecule has 1 rings (SSSR count). The summed E-state index contributed by atoms with van der Waals surface area (Å²) in [6.45, 7) is 6.86. The van der Waals surface area contributed by atoms with E-state index in [4.69, 9.17) is 5.26 Å². The van der Waals surface area contributed by atoms with Crippen LogP contribution >= 0.6 is 11.3 Å². The van der Waals surface area contributed by atoms with Gasteiger partial charge in [0.15, 0.2) is 5.13 Å². The number of thiazole rings is 1. The van der Waals surface area contributed by atoms with Gasteiger partial charge >= 0.3 is 0 Å². The molecular weight excluding hydrogens is 194 g/mol. The topological polar surface area (TPSA) is 48.7 Å². The first-order valence-electron chi connectivity index (χ1n) is 4.72. The maximum absolute atomic E-state index is 8.60. The third-order valence-corrected chi connectivity index (χ3v) is 3.13. The van der Waals surface area contributed by atoms with Crippen LogP contribution in [0.3, 0.4) is 0 Å². The van der Waals surface area contributed by atoms with E-state index in [1.165, 1.54) is 4.88 Å². The van der Waals surface area contributed by atoms with Crippen LogP contribution in [-0.2, 0) is 0 Å². The van der Waals surface area contributed by atoms with E-state index in [2.05, 4.69) is 30.2 Å². The van der Waals surface area contributed by atoms with E-state index in [1.54, 1.807) is 11.3 Å². The molecule has 0 bridgehead atoms. The lowest BCUT2D eigenvalue weighted by Gasteiger charge is -2.02. The molecule has 1 unspecified atom stereocenters. The average Bonchev–Trinajstić information content (AvgIpc) is 2.62. The molecule has 1 heterocycles. The van der Waals surface area contributed by atoms with Crippen molar-refractivity contribution < 1.29 is 0 Å². The van der Waals surface area contributed by atoms with Gasteiger partial charge < -0.3 is 5.32 Å². The van der Waals surface area contributed by atoms with Crippen molar-refractivity contribution in [3.05, 3.63) is 11.1 Å². The van der Waals surface area contributed by atoms with Gasteiger partial charge in [-0.25, -0.2) is 4.98 Å². The summed E-state index contributed by atoms with van der Waals surface area (Å²) < 4.78 is 0. The number of aromatic nitrogens is 1. The Morgan fingerprint density at radius 1 is 1.57 bits per heavy atom. The zero-order valence-corrected chi connectivity index (χ0v) is 9.56. The van der Waals surface area contributed by atoms with E-state index in [-0.39, 0.29) is 5.92 Å². The smallest absolute Gasteiger partial charge is 0.182 e. The van der Waals surface area contributed by atoms with Crippen molar-refractivity contribution in [2.75, 3.05) is 11.9 Å². The van der Waals surface area contributed by atoms with Gasteiger partial charge in [0, 0.05) is 17.6 Å². The number of nitrogens with one attached hydrogen (secondary N) is 1. The van der Waals surface area contributed by atoms with Crippen molar-refractivity contribution in [1.29, 1.82) is 5.26 Å². The Bertz CT molecular complexity index is 324. The quantitative estimate of drug-likeness (QED) is 0.829. The second-order valence-electron chi connectivity index (χ2n) is 3.63. The molecule has 1 aromatic rings. The Morgan fingerprint density at radius 3 is 2.79 bits per heavy atom. The third-order valence-electron chi connectivity index (χ3n) is 1.87. The summed E-state index contributed by atoms with van der Waals surface area (Å²) in [6, 6.07) is 2.18. The van der Waals surface area contributed by atoms with E-state index in [1.807, 2.05) is 13.1 Å². The Hall–Kier alpha value is -1.08. The number of hydrogen-bond acceptors (Lipinski definition) is 4. The van der Waals surface area contributed by atoms with Gasteiger partial charge in [-0.2, -0.15) is 5.26 Å². The molecule has 76 valence electrons. The van der Waals surface area contributed by atoms with Gasteiger partial charge in [-0.05, 0) is 12.8 Å². The standard InChI is InChI=1S/C10H15N3S/c1-7(2)9-6-13-10(14-9)12-5-8(3)4-11/h6-8H,5H2,1-3H3,(H,12,13). The van der Waals surface area contributed by atoms with Crippen LogP contribution in [0.5, 0.6) is 0 Å². The molecule has 0 saturated carbocycles. The predicted molar refractivity (Wildman–Crippen MR) is 59.5 cm³/mol. The van der Waals surface area contributed by atoms with Crippen molar-refractivity contribution in [2.24, 2.45) is 5.92 Å². The molecule has 1 aromatic heterocycles. The second kappa shape index (κ2) is 4.97. The molecule has 0 radical (unpaired) electrons. The van der Waals surface area contributed by atoms with Crippen molar-refractivity contribution in [1.82, 2.24) is 4.98 Å². The molecule has 1 atom stereocenters. The lowest BCUT2D eigenvalue weighted by atomic mass is 10.2. The monoisotopic (exact) mass is 209 g/mol. The molecular formula is C10H15N3S. The molecule has 0 spiro atoms. The summed E-state index contributed by atoms with van der Waals surface area (Å²) in [5, 5.41) is 12.7. The van der Waals surface area contributed by atoms with Gasteiger partial charge in [0.1, 0.15) is 0 Å². The first-order valence-corrected chi connectivity index (χ1v) is 5.54. The number of rotatable bonds is 4. The van der Waals surface area contributed by atoms with Gasteiger partial charge in [0.25, 0.3) is 0 Å². The van der Waals surface area contributed by atoms with Crippen molar-refractivity contribution >= 4 is 16.5 Å². The average molecular weight is 209 g/mol. The van der Waals surface area contributed by atoms with Crippen LogP contribution in [0.25, 0.3) is 0 Å². The third kappa shape index (κ3) is 3.00. The predicted octanol–water partition coefficient (Wildman–Crippen LogP) is 2.84. The molecule has 0 aliphatic heterocycles. The summed E-state index contributed by atoms with van der Waals surface area (Å²) in [7, 11) is 0. The lowest BCUT2D eigenvalue weighted by molar-refractivity contribution is 0.785. The maximum Gasteiger partial charge on any atom is 0.182 e. The molecule has 0 aliphatic carbocycles. The van der Waals surface area contributed by atoms with Crippen LogP contribution in [0, 0.1) is 17.2 Å². The fourth-order valence-electron chi connectivity index (χ4n) is 0.921. The first-order chi connectivity index (χ1) is 6.63. The highest BCUT2D eigenvalue weighted by Crippen LogP contribution is 2.25. The number of nitriles is 1. The minimum atomic E-state index is 0.0291. The minimum absolute atomic E-state index is 0.0291. The largest absolute Gasteiger partial charge is 0.360 e. The van der Waals surface area contributed by atoms with Crippen LogP contribution in [0.1, 0.15) is 31.6 Å². The van der Waals surface area contributed by atoms with Crippen LogP contribution in [-0.4, -0.2) is 11.5 Å². The second-order valence-corrected chi connectivity index (χ2v) is 4.70. The van der Waals surface area contributed by atoms with E-state index in [9.17, 15) is 0 Å². The van der Waals surface area contributed by atoms with Crippen LogP contribution in [0.2, 0.25) is 0 Å². The van der Waals surface area contributed by atoms with Gasteiger partial charge in [-0.15, -0.1) is 11.3 Å². The highest BCUT2D eigenvalue weighted by molar-refractivity contribution is 7.15. The number of nitrogens with zero attached hydrogens (tertiary/aromatic N) is 2. The van der Waals surface area contributed by atoms with Crippen molar-refractivity contribution in [3.63, 3.8) is 0 Å². The molecule has 14 heavy (non-hydrogen) atoms. The van der Waals surface area contributed by atoms with Crippen LogP contribution in [0.15, 0.2) is 6.20 Å². The molecule has 4 heteroatoms. The number of hydrogen-bond donors (Lipinski definition) is 1. The highest BCUT2D eigenvalue weighted by Gasteiger charge is 2.06. The molecule has 3 nitrogen and oxygen atoms in total. The molecule has 0 aliphatic rings. The van der Waals surface area contributed by atoms with Crippen LogP contribution in [0.4, 0.5) is 5.13 Å². The van der Waals surface area contributed by atoms with Gasteiger partial charge in [-0.1, -0.05) is 13.8 Å². The molecule has 0 fully saturated rings. The zero-order chi connectivity index (χ0) is 10.6. The highest BCUT2D eigenvalue weighted by atomic mass is 32.1. The Kier molecular flexibility index (Phi) is 3.90. The molecule has 0 aromatic carbocycles. The Morgan fingerprint density at radius 2 is 2.29 bits per heavy atom. The van der Waals surface area contributed by atoms with E-state index in [0.717, 1.165) is 5.13 Å². The SMILES string of the molecule is CC(C#N)CNc1ncc(C(C)C)s1. The van der Waals surface area contributed by atoms with E-state index < -0.39 is 0 Å². The normalized spacial score (nSPS) is 12.5. The fraction of sp³-hybridized carbons (Fsp3) is 0.600. The zero-order valence-electron chi connectivity index (χ0n) is 8.74. The molecule has 0 amide bonds. The van der Waals surface area contributed by atoms with E-state index >= 15 is 0 Å². The van der Waals surface area contributed by atoms with Gasteiger partial charge in [0.2, 0.25) is 0 Å². The van der Waals surface area contributed by atoms with Crippen molar-refractivity contribution in [2.45, 2.75) is 26.7 Å². The molecule has 0 saturated heterocycles. The number of anilines is 1. The van der Waals surface area contributed by atoms with Gasteiger partial charge in [0.05, 0.1) is 12.0 Å². The lowest BCUT2D eigenvalue weighted by Crippen LogP contribution is -2.08. The summed E-state index contributed by atoms with van der Waals surface area (Å²) in [6.07, 6.45) is 1.90. The van der Waals surface area contributed by atoms with Gasteiger partial charge in [-0.3, -0.25) is 0 Å². The fourth-order valence-corrected chi connectivity index (χ4v) is 1.75. The summed E-state index contributed by atoms with van der Waals surface area (Å²) >= 11 is 1.66. The summed E-state index contributed by atoms with van der Waals surface area (Å²) in [4.78, 5) is 5.52. The Labute approximate surface area is 88.8 Å². The minimum Gasteiger partial charge on any atom is -0.360 e.